The number of methoxy groups -OCH3 is 1. The Bertz CT molecular complexity index is 1290. The van der Waals surface area contributed by atoms with E-state index in [4.69, 9.17) is 4.74 Å². The molecule has 36 heavy (non-hydrogen) atoms. The van der Waals surface area contributed by atoms with Crippen LogP contribution in [0.2, 0.25) is 0 Å². The van der Waals surface area contributed by atoms with Crippen molar-refractivity contribution < 1.29 is 19.1 Å². The Balaban J connectivity index is 1.51. The lowest BCUT2D eigenvalue weighted by Gasteiger charge is -2.39. The minimum atomic E-state index is -0.195. The Morgan fingerprint density at radius 1 is 1.31 bits per heavy atom. The molecule has 3 heterocycles. The van der Waals surface area contributed by atoms with Crippen LogP contribution in [0, 0.1) is 6.92 Å². The fraction of sp³-hybridized carbons (Fsp3) is 0.280. The number of nitrogens with zero attached hydrogens (tertiary/aromatic N) is 3. The predicted molar refractivity (Wildman–Crippen MR) is 144 cm³/mol. The minimum Gasteiger partial charge on any atom is -0.496 e. The van der Waals surface area contributed by atoms with E-state index >= 15 is 0 Å². The molecule has 1 saturated heterocycles. The number of aromatic nitrogens is 1. The molecular formula is C25H26N4O4S3. The molecule has 4 rings (SSSR count). The third-order valence-corrected chi connectivity index (χ3v) is 8.66. The lowest BCUT2D eigenvalue weighted by molar-refractivity contribution is -0.128. The highest BCUT2D eigenvalue weighted by Gasteiger charge is 2.31. The van der Waals surface area contributed by atoms with Crippen LogP contribution in [0.25, 0.3) is 0 Å². The SMILES string of the molecule is C=CC(=O)N1CCN(C(=O)c2cc(Sc3cnc(NC(=O)c4ccsc4)s3)c(C)cc2OC)[C@@H](C)C1. The molecule has 0 bridgehead atoms. The lowest BCUT2D eigenvalue weighted by Crippen LogP contribution is -2.55. The molecule has 2 aromatic heterocycles. The first-order valence-electron chi connectivity index (χ1n) is 11.2. The topological polar surface area (TPSA) is 91.8 Å². The molecule has 0 radical (unpaired) electrons. The molecule has 1 atom stereocenters. The van der Waals surface area contributed by atoms with Crippen molar-refractivity contribution in [3.05, 3.63) is 64.5 Å². The summed E-state index contributed by atoms with van der Waals surface area (Å²) in [6.45, 7) is 8.78. The molecule has 11 heteroatoms. The second kappa shape index (κ2) is 11.3. The second-order valence-corrected chi connectivity index (χ2v) is 11.4. The highest BCUT2D eigenvalue weighted by atomic mass is 32.2. The van der Waals surface area contributed by atoms with Crippen molar-refractivity contribution in [2.24, 2.45) is 0 Å². The van der Waals surface area contributed by atoms with Gasteiger partial charge in [0.15, 0.2) is 5.13 Å². The molecule has 0 aliphatic carbocycles. The second-order valence-electron chi connectivity index (χ2n) is 8.21. The van der Waals surface area contributed by atoms with Crippen LogP contribution in [0.4, 0.5) is 5.13 Å². The van der Waals surface area contributed by atoms with Crippen LogP contribution in [-0.2, 0) is 4.79 Å². The van der Waals surface area contributed by atoms with E-state index in [9.17, 15) is 14.4 Å². The number of ether oxygens (including phenoxy) is 1. The van der Waals surface area contributed by atoms with Crippen molar-refractivity contribution >= 4 is 57.3 Å². The van der Waals surface area contributed by atoms with Crippen LogP contribution in [-0.4, -0.2) is 65.3 Å². The van der Waals surface area contributed by atoms with E-state index < -0.39 is 0 Å². The highest BCUT2D eigenvalue weighted by Crippen LogP contribution is 2.38. The van der Waals surface area contributed by atoms with Gasteiger partial charge in [0, 0.05) is 36.0 Å². The van der Waals surface area contributed by atoms with Gasteiger partial charge in [0.1, 0.15) is 5.75 Å². The number of thiazole rings is 1. The number of aryl methyl sites for hydroxylation is 1. The summed E-state index contributed by atoms with van der Waals surface area (Å²) in [6.07, 6.45) is 3.01. The fourth-order valence-corrected chi connectivity index (χ4v) is 6.46. The number of hydrogen-bond donors (Lipinski definition) is 1. The number of piperazine rings is 1. The van der Waals surface area contributed by atoms with Crippen molar-refractivity contribution in [3.63, 3.8) is 0 Å². The molecule has 0 unspecified atom stereocenters. The van der Waals surface area contributed by atoms with Crippen molar-refractivity contribution in [2.75, 3.05) is 32.1 Å². The molecule has 8 nitrogen and oxygen atoms in total. The van der Waals surface area contributed by atoms with Gasteiger partial charge in [0.05, 0.1) is 28.6 Å². The van der Waals surface area contributed by atoms with Crippen LogP contribution >= 0.6 is 34.4 Å². The van der Waals surface area contributed by atoms with Crippen LogP contribution in [0.5, 0.6) is 5.75 Å². The van der Waals surface area contributed by atoms with Gasteiger partial charge in [-0.25, -0.2) is 4.98 Å². The quantitative estimate of drug-likeness (QED) is 0.432. The van der Waals surface area contributed by atoms with Crippen LogP contribution in [0.1, 0.15) is 33.2 Å². The van der Waals surface area contributed by atoms with Crippen molar-refractivity contribution in [1.29, 1.82) is 0 Å². The number of amides is 3. The smallest absolute Gasteiger partial charge is 0.258 e. The number of hydrogen-bond acceptors (Lipinski definition) is 8. The van der Waals surface area contributed by atoms with E-state index in [2.05, 4.69) is 16.9 Å². The summed E-state index contributed by atoms with van der Waals surface area (Å²) in [4.78, 5) is 46.5. The minimum absolute atomic E-state index is 0.129. The maximum atomic E-state index is 13.5. The average Bonchev–Trinajstić information content (AvgIpc) is 3.56. The summed E-state index contributed by atoms with van der Waals surface area (Å²) in [6, 6.07) is 5.32. The average molecular weight is 543 g/mol. The Kier molecular flexibility index (Phi) is 8.12. The Labute approximate surface area is 222 Å². The van der Waals surface area contributed by atoms with E-state index in [1.165, 1.54) is 40.5 Å². The first kappa shape index (κ1) is 25.9. The molecule has 1 aliphatic heterocycles. The van der Waals surface area contributed by atoms with Gasteiger partial charge in [-0.05, 0) is 49.1 Å². The summed E-state index contributed by atoms with van der Waals surface area (Å²) < 4.78 is 6.43. The summed E-state index contributed by atoms with van der Waals surface area (Å²) in [5, 5.41) is 6.97. The highest BCUT2D eigenvalue weighted by molar-refractivity contribution is 8.01. The molecule has 1 aromatic carbocycles. The van der Waals surface area contributed by atoms with Gasteiger partial charge in [-0.2, -0.15) is 11.3 Å². The van der Waals surface area contributed by atoms with Gasteiger partial charge in [0.25, 0.3) is 11.8 Å². The maximum Gasteiger partial charge on any atom is 0.258 e. The van der Waals surface area contributed by atoms with Crippen molar-refractivity contribution in [2.45, 2.75) is 29.0 Å². The number of anilines is 1. The van der Waals surface area contributed by atoms with Gasteiger partial charge >= 0.3 is 0 Å². The standard InChI is InChI=1S/C25H26N4O4S3/c1-5-21(30)28-7-8-29(16(3)13-28)24(32)18-11-20(15(2)10-19(18)33-4)35-22-12-26-25(36-22)27-23(31)17-6-9-34-14-17/h5-6,9-12,14,16H,1,7-8,13H2,2-4H3,(H,26,27,31)/t16-/m0/s1. The molecule has 0 spiro atoms. The van der Waals surface area contributed by atoms with Gasteiger partial charge in [-0.1, -0.05) is 29.7 Å². The number of nitrogens with one attached hydrogen (secondary N) is 1. The van der Waals surface area contributed by atoms with Crippen LogP contribution in [0.3, 0.4) is 0 Å². The summed E-state index contributed by atoms with van der Waals surface area (Å²) in [5.74, 6) is 0.0437. The molecule has 1 aliphatic rings. The molecule has 1 fully saturated rings. The number of thiophene rings is 1. The maximum absolute atomic E-state index is 13.5. The monoisotopic (exact) mass is 542 g/mol. The molecule has 0 saturated carbocycles. The molecule has 3 amide bonds. The Morgan fingerprint density at radius 3 is 2.78 bits per heavy atom. The summed E-state index contributed by atoms with van der Waals surface area (Å²) in [7, 11) is 1.55. The first-order valence-corrected chi connectivity index (χ1v) is 13.8. The summed E-state index contributed by atoms with van der Waals surface area (Å²) in [5.41, 5.74) is 2.03. The van der Waals surface area contributed by atoms with Gasteiger partial charge in [-0.15, -0.1) is 0 Å². The van der Waals surface area contributed by atoms with Gasteiger partial charge in [-0.3, -0.25) is 19.7 Å². The Morgan fingerprint density at radius 2 is 2.11 bits per heavy atom. The van der Waals surface area contributed by atoms with E-state index in [-0.39, 0.29) is 23.8 Å². The largest absolute Gasteiger partial charge is 0.496 e. The van der Waals surface area contributed by atoms with Crippen LogP contribution < -0.4 is 10.1 Å². The number of rotatable bonds is 7. The number of carbonyl (C=O) groups excluding carboxylic acids is 3. The van der Waals surface area contributed by atoms with Crippen LogP contribution in [0.15, 0.2) is 56.9 Å². The molecule has 1 N–H and O–H groups in total. The normalized spacial score (nSPS) is 15.5. The molecular weight excluding hydrogens is 517 g/mol. The third kappa shape index (κ3) is 5.63. The van der Waals surface area contributed by atoms with E-state index in [0.29, 0.717) is 41.6 Å². The zero-order chi connectivity index (χ0) is 25.8. The molecule has 188 valence electrons. The fourth-order valence-electron chi connectivity index (χ4n) is 3.89. The third-order valence-electron chi connectivity index (χ3n) is 5.80. The first-order chi connectivity index (χ1) is 17.3. The lowest BCUT2D eigenvalue weighted by atomic mass is 10.1. The Hall–Kier alpha value is -3.15. The number of carbonyl (C=O) groups is 3. The van der Waals surface area contributed by atoms with E-state index in [0.717, 1.165) is 14.7 Å². The van der Waals surface area contributed by atoms with Crippen molar-refractivity contribution in [3.8, 4) is 5.75 Å². The molecule has 3 aromatic rings. The van der Waals surface area contributed by atoms with E-state index in [1.54, 1.807) is 34.6 Å². The zero-order valence-electron chi connectivity index (χ0n) is 20.1. The zero-order valence-corrected chi connectivity index (χ0v) is 22.6. The predicted octanol–water partition coefficient (Wildman–Crippen LogP) is 4.78. The van der Waals surface area contributed by atoms with Gasteiger partial charge in [0.2, 0.25) is 5.91 Å². The summed E-state index contributed by atoms with van der Waals surface area (Å²) >= 11 is 4.31. The van der Waals surface area contributed by atoms with Gasteiger partial charge < -0.3 is 14.5 Å². The number of benzene rings is 1. The van der Waals surface area contributed by atoms with E-state index in [1.807, 2.05) is 31.4 Å². The van der Waals surface area contributed by atoms with Crippen molar-refractivity contribution in [1.82, 2.24) is 14.8 Å².